The van der Waals surface area contributed by atoms with E-state index < -0.39 is 0 Å². The zero-order valence-electron chi connectivity index (χ0n) is 7.46. The van der Waals surface area contributed by atoms with Crippen molar-refractivity contribution in [3.05, 3.63) is 0 Å². The summed E-state index contributed by atoms with van der Waals surface area (Å²) in [6.45, 7) is 0. The predicted molar refractivity (Wildman–Crippen MR) is 52.3 cm³/mol. The molecule has 0 spiro atoms. The maximum Gasteiger partial charge on any atom is 0.0214 e. The molecule has 3 rings (SSSR count). The number of nitrogens with two attached hydrogens (primary N) is 1. The van der Waals surface area contributed by atoms with Crippen molar-refractivity contribution in [3.8, 4) is 0 Å². The first-order valence-electron chi connectivity index (χ1n) is 5.09. The minimum atomic E-state index is 0. The lowest BCUT2D eigenvalue weighted by atomic mass is 9.76. The lowest BCUT2D eigenvalue weighted by Gasteiger charge is -2.35. The van der Waals surface area contributed by atoms with Gasteiger partial charge in [-0.15, -0.1) is 12.4 Å². The molecule has 70 valence electrons. The lowest BCUT2D eigenvalue weighted by molar-refractivity contribution is 0.210. The second-order valence-corrected chi connectivity index (χ2v) is 4.88. The van der Waals surface area contributed by atoms with E-state index in [2.05, 4.69) is 0 Å². The molecule has 2 bridgehead atoms. The number of fused-ring (bicyclic) bond motifs is 5. The van der Waals surface area contributed by atoms with E-state index >= 15 is 0 Å². The van der Waals surface area contributed by atoms with Crippen LogP contribution in [-0.2, 0) is 0 Å². The molecule has 2 N–H and O–H groups in total. The highest BCUT2D eigenvalue weighted by Gasteiger charge is 2.57. The van der Waals surface area contributed by atoms with Gasteiger partial charge in [0.25, 0.3) is 0 Å². The van der Waals surface area contributed by atoms with Crippen molar-refractivity contribution in [2.24, 2.45) is 23.5 Å². The van der Waals surface area contributed by atoms with Gasteiger partial charge < -0.3 is 5.73 Å². The monoisotopic (exact) mass is 187 g/mol. The molecule has 0 saturated heterocycles. The quantitative estimate of drug-likeness (QED) is 0.619. The highest BCUT2D eigenvalue weighted by molar-refractivity contribution is 5.85. The summed E-state index contributed by atoms with van der Waals surface area (Å²) in [5.74, 6) is 2.88. The molecule has 4 atom stereocenters. The maximum atomic E-state index is 6.45. The van der Waals surface area contributed by atoms with Crippen LogP contribution in [0.15, 0.2) is 0 Å². The van der Waals surface area contributed by atoms with Gasteiger partial charge in [-0.3, -0.25) is 0 Å². The Balaban J connectivity index is 0.000000563. The van der Waals surface area contributed by atoms with Crippen LogP contribution < -0.4 is 5.73 Å². The summed E-state index contributed by atoms with van der Waals surface area (Å²) in [7, 11) is 0. The topological polar surface area (TPSA) is 26.0 Å². The van der Waals surface area contributed by atoms with Crippen LogP contribution in [0.1, 0.15) is 38.5 Å². The zero-order chi connectivity index (χ0) is 7.47. The average Bonchev–Trinajstić information content (AvgIpc) is 2.54. The van der Waals surface area contributed by atoms with E-state index in [0.717, 1.165) is 17.8 Å². The molecule has 2 heteroatoms. The van der Waals surface area contributed by atoms with Gasteiger partial charge in [0.15, 0.2) is 0 Å². The van der Waals surface area contributed by atoms with Crippen molar-refractivity contribution in [2.45, 2.75) is 44.1 Å². The fourth-order valence-electron chi connectivity index (χ4n) is 4.13. The summed E-state index contributed by atoms with van der Waals surface area (Å²) >= 11 is 0. The molecule has 12 heavy (non-hydrogen) atoms. The SMILES string of the molecule is Cl.N[C@@]12CCCC1C1CCC2C1. The van der Waals surface area contributed by atoms with Crippen molar-refractivity contribution in [2.75, 3.05) is 0 Å². The van der Waals surface area contributed by atoms with Gasteiger partial charge in [0.1, 0.15) is 0 Å². The Morgan fingerprint density at radius 3 is 2.75 bits per heavy atom. The van der Waals surface area contributed by atoms with Crippen LogP contribution in [-0.4, -0.2) is 5.54 Å². The van der Waals surface area contributed by atoms with Crippen LogP contribution in [0.4, 0.5) is 0 Å². The minimum absolute atomic E-state index is 0. The molecular weight excluding hydrogens is 170 g/mol. The Bertz CT molecular complexity index is 194. The Labute approximate surface area is 80.5 Å². The molecule has 0 amide bonds. The molecule has 0 aromatic carbocycles. The molecular formula is C10H18ClN. The fraction of sp³-hybridized carbons (Fsp3) is 1.00. The van der Waals surface area contributed by atoms with Gasteiger partial charge in [0.2, 0.25) is 0 Å². The second kappa shape index (κ2) is 2.62. The maximum absolute atomic E-state index is 6.45. The number of rotatable bonds is 0. The van der Waals surface area contributed by atoms with Crippen molar-refractivity contribution in [3.63, 3.8) is 0 Å². The third-order valence-electron chi connectivity index (χ3n) is 4.62. The first kappa shape index (κ1) is 8.83. The van der Waals surface area contributed by atoms with Crippen LogP contribution >= 0.6 is 12.4 Å². The zero-order valence-corrected chi connectivity index (χ0v) is 8.28. The second-order valence-electron chi connectivity index (χ2n) is 4.88. The van der Waals surface area contributed by atoms with E-state index in [1.165, 1.54) is 38.5 Å². The molecule has 3 aliphatic rings. The normalized spacial score (nSPS) is 55.2. The van der Waals surface area contributed by atoms with Gasteiger partial charge in [-0.1, -0.05) is 6.42 Å². The molecule has 3 fully saturated rings. The summed E-state index contributed by atoms with van der Waals surface area (Å²) in [4.78, 5) is 0. The van der Waals surface area contributed by atoms with E-state index in [4.69, 9.17) is 5.73 Å². The fourth-order valence-corrected chi connectivity index (χ4v) is 4.13. The van der Waals surface area contributed by atoms with E-state index in [0.29, 0.717) is 5.54 Å². The van der Waals surface area contributed by atoms with E-state index in [-0.39, 0.29) is 12.4 Å². The molecule has 1 nitrogen and oxygen atoms in total. The number of hydrogen-bond acceptors (Lipinski definition) is 1. The van der Waals surface area contributed by atoms with Gasteiger partial charge in [-0.2, -0.15) is 0 Å². The lowest BCUT2D eigenvalue weighted by Crippen LogP contribution is -2.47. The molecule has 3 unspecified atom stereocenters. The molecule has 0 radical (unpaired) electrons. The van der Waals surface area contributed by atoms with Crippen molar-refractivity contribution in [1.82, 2.24) is 0 Å². The standard InChI is InChI=1S/C10H17N.ClH/c11-10-5-1-2-9(10)7-3-4-8(10)6-7;/h7-9H,1-6,11H2;1H/t7?,8?,9?,10-;/m1./s1. The van der Waals surface area contributed by atoms with Crippen molar-refractivity contribution < 1.29 is 0 Å². The predicted octanol–water partition coefficient (Wildman–Crippen LogP) is 2.34. The van der Waals surface area contributed by atoms with Crippen molar-refractivity contribution in [1.29, 1.82) is 0 Å². The van der Waals surface area contributed by atoms with Crippen LogP contribution in [0.2, 0.25) is 0 Å². The number of hydrogen-bond donors (Lipinski definition) is 1. The van der Waals surface area contributed by atoms with Gasteiger partial charge in [0.05, 0.1) is 0 Å². The van der Waals surface area contributed by atoms with E-state index in [1.807, 2.05) is 0 Å². The summed E-state index contributed by atoms with van der Waals surface area (Å²) in [5, 5.41) is 0. The summed E-state index contributed by atoms with van der Waals surface area (Å²) in [5.41, 5.74) is 6.77. The van der Waals surface area contributed by atoms with Gasteiger partial charge in [-0.05, 0) is 49.9 Å². The summed E-state index contributed by atoms with van der Waals surface area (Å²) in [6.07, 6.45) is 8.60. The number of halogens is 1. The van der Waals surface area contributed by atoms with Gasteiger partial charge >= 0.3 is 0 Å². The van der Waals surface area contributed by atoms with Gasteiger partial charge in [0, 0.05) is 5.54 Å². The third kappa shape index (κ3) is 0.843. The van der Waals surface area contributed by atoms with Crippen LogP contribution in [0, 0.1) is 17.8 Å². The largest absolute Gasteiger partial charge is 0.325 e. The third-order valence-corrected chi connectivity index (χ3v) is 4.62. The smallest absolute Gasteiger partial charge is 0.0214 e. The van der Waals surface area contributed by atoms with Crippen LogP contribution in [0.5, 0.6) is 0 Å². The van der Waals surface area contributed by atoms with Crippen LogP contribution in [0.3, 0.4) is 0 Å². The first-order valence-corrected chi connectivity index (χ1v) is 5.09. The van der Waals surface area contributed by atoms with Gasteiger partial charge in [-0.25, -0.2) is 0 Å². The summed E-state index contributed by atoms with van der Waals surface area (Å²) in [6, 6.07) is 0. The molecule has 0 aromatic heterocycles. The Morgan fingerprint density at radius 1 is 1.17 bits per heavy atom. The van der Waals surface area contributed by atoms with Crippen molar-refractivity contribution >= 4 is 12.4 Å². The molecule has 3 saturated carbocycles. The van der Waals surface area contributed by atoms with E-state index in [9.17, 15) is 0 Å². The molecule has 3 aliphatic carbocycles. The Morgan fingerprint density at radius 2 is 2.00 bits per heavy atom. The molecule has 0 aromatic rings. The minimum Gasteiger partial charge on any atom is -0.325 e. The average molecular weight is 188 g/mol. The Hall–Kier alpha value is 0.250. The summed E-state index contributed by atoms with van der Waals surface area (Å²) < 4.78 is 0. The highest BCUT2D eigenvalue weighted by Crippen LogP contribution is 2.59. The molecule has 0 heterocycles. The first-order chi connectivity index (χ1) is 5.31. The highest BCUT2D eigenvalue weighted by atomic mass is 35.5. The van der Waals surface area contributed by atoms with Crippen LogP contribution in [0.25, 0.3) is 0 Å². The Kier molecular flexibility index (Phi) is 1.93. The van der Waals surface area contributed by atoms with E-state index in [1.54, 1.807) is 0 Å². The molecule has 0 aliphatic heterocycles.